The van der Waals surface area contributed by atoms with Crippen molar-refractivity contribution in [2.45, 2.75) is 4.90 Å². The number of carbonyl (C=O) groups excluding carboxylic acids is 1. The molecule has 0 saturated carbocycles. The van der Waals surface area contributed by atoms with Crippen LogP contribution in [0.2, 0.25) is 5.02 Å². The van der Waals surface area contributed by atoms with Gasteiger partial charge in [-0.2, -0.15) is 0 Å². The zero-order valence-electron chi connectivity index (χ0n) is 6.12. The fraction of sp³-hybridized carbons (Fsp3) is 0. The van der Waals surface area contributed by atoms with Gasteiger partial charge in [0.2, 0.25) is 6.29 Å². The number of hydrogen-bond donors (Lipinski definition) is 0. The second-order valence-electron chi connectivity index (χ2n) is 2.18. The van der Waals surface area contributed by atoms with E-state index in [0.717, 1.165) is 6.07 Å². The molecule has 6 heteroatoms. The van der Waals surface area contributed by atoms with Gasteiger partial charge in [-0.1, -0.05) is 11.6 Å². The molecule has 0 saturated heterocycles. The van der Waals surface area contributed by atoms with E-state index in [0.29, 0.717) is 0 Å². The van der Waals surface area contributed by atoms with Crippen LogP contribution in [0.3, 0.4) is 0 Å². The summed E-state index contributed by atoms with van der Waals surface area (Å²) in [6.45, 7) is 0. The summed E-state index contributed by atoms with van der Waals surface area (Å²) in [5, 5.41) is 0.252. The molecule has 0 aliphatic rings. The zero-order valence-corrected chi connectivity index (χ0v) is 8.45. The summed E-state index contributed by atoms with van der Waals surface area (Å²) in [6, 6.07) is 3.67. The van der Waals surface area contributed by atoms with E-state index in [-0.39, 0.29) is 15.5 Å². The van der Waals surface area contributed by atoms with Gasteiger partial charge in [-0.15, -0.1) is 0 Å². The van der Waals surface area contributed by atoms with Crippen molar-refractivity contribution in [2.24, 2.45) is 0 Å². The molecule has 0 spiro atoms. The molecule has 0 bridgehead atoms. The van der Waals surface area contributed by atoms with Gasteiger partial charge in [0.25, 0.3) is 9.05 Å². The maximum absolute atomic E-state index is 10.9. The Bertz CT molecular complexity index is 439. The standard InChI is InChI=1S/C7H3Cl2O3S/c8-6-1-2-7(13(9,11)12)5(3-6)4-10/h1-3H. The largest absolute Gasteiger partial charge is 0.285 e. The predicted octanol–water partition coefficient (Wildman–Crippen LogP) is 1.73. The van der Waals surface area contributed by atoms with E-state index in [2.05, 4.69) is 0 Å². The molecule has 0 aromatic heterocycles. The van der Waals surface area contributed by atoms with E-state index in [9.17, 15) is 13.2 Å². The number of hydrogen-bond acceptors (Lipinski definition) is 3. The Morgan fingerprint density at radius 1 is 1.31 bits per heavy atom. The fourth-order valence-electron chi connectivity index (χ4n) is 0.795. The van der Waals surface area contributed by atoms with E-state index in [1.165, 1.54) is 18.4 Å². The van der Waals surface area contributed by atoms with E-state index >= 15 is 0 Å². The van der Waals surface area contributed by atoms with Crippen molar-refractivity contribution in [3.63, 3.8) is 0 Å². The fourth-order valence-corrected chi connectivity index (χ4v) is 1.96. The Balaban J connectivity index is 3.47. The first-order chi connectivity index (χ1) is 5.95. The third-order valence-electron chi connectivity index (χ3n) is 1.31. The highest BCUT2D eigenvalue weighted by Crippen LogP contribution is 2.21. The molecule has 69 valence electrons. The molecule has 0 amide bonds. The second kappa shape index (κ2) is 3.65. The quantitative estimate of drug-likeness (QED) is 0.737. The molecule has 1 aromatic rings. The van der Waals surface area contributed by atoms with Crippen molar-refractivity contribution >= 4 is 37.6 Å². The van der Waals surface area contributed by atoms with Gasteiger partial charge in [0, 0.05) is 21.3 Å². The van der Waals surface area contributed by atoms with Gasteiger partial charge in [-0.25, -0.2) is 8.42 Å². The number of benzene rings is 1. The average molecular weight is 238 g/mol. The number of halogens is 2. The number of rotatable bonds is 2. The van der Waals surface area contributed by atoms with Crippen molar-refractivity contribution in [3.8, 4) is 0 Å². The lowest BCUT2D eigenvalue weighted by Crippen LogP contribution is -1.96. The van der Waals surface area contributed by atoms with Crippen LogP contribution in [0.4, 0.5) is 0 Å². The summed E-state index contributed by atoms with van der Waals surface area (Å²) < 4.78 is 21.7. The zero-order chi connectivity index (χ0) is 10.1. The monoisotopic (exact) mass is 237 g/mol. The van der Waals surface area contributed by atoms with Crippen molar-refractivity contribution < 1.29 is 13.2 Å². The van der Waals surface area contributed by atoms with Gasteiger partial charge in [0.05, 0.1) is 4.90 Å². The Morgan fingerprint density at radius 3 is 2.38 bits per heavy atom. The van der Waals surface area contributed by atoms with Crippen molar-refractivity contribution in [2.75, 3.05) is 0 Å². The first kappa shape index (κ1) is 10.5. The van der Waals surface area contributed by atoms with Gasteiger partial charge < -0.3 is 0 Å². The first-order valence-electron chi connectivity index (χ1n) is 3.07. The highest BCUT2D eigenvalue weighted by Gasteiger charge is 2.15. The average Bonchev–Trinajstić information content (AvgIpc) is 2.01. The molecule has 0 N–H and O–H groups in total. The van der Waals surface area contributed by atoms with Crippen molar-refractivity contribution in [1.29, 1.82) is 0 Å². The van der Waals surface area contributed by atoms with Crippen LogP contribution in [0.25, 0.3) is 0 Å². The third kappa shape index (κ3) is 2.43. The van der Waals surface area contributed by atoms with Crippen LogP contribution in [0.1, 0.15) is 5.56 Å². The normalized spacial score (nSPS) is 11.2. The molecule has 0 atom stereocenters. The molecule has 0 heterocycles. The third-order valence-corrected chi connectivity index (χ3v) is 2.93. The molecule has 1 aromatic carbocycles. The maximum atomic E-state index is 10.9. The van der Waals surface area contributed by atoms with Crippen LogP contribution in [-0.4, -0.2) is 14.7 Å². The lowest BCUT2D eigenvalue weighted by atomic mass is 10.2. The second-order valence-corrected chi connectivity index (χ2v) is 5.15. The van der Waals surface area contributed by atoms with E-state index in [1.807, 2.05) is 0 Å². The molecular formula is C7H3Cl2O3S. The van der Waals surface area contributed by atoms with E-state index in [1.54, 1.807) is 0 Å². The Kier molecular flexibility index (Phi) is 2.95. The highest BCUT2D eigenvalue weighted by molar-refractivity contribution is 8.13. The Morgan fingerprint density at radius 2 is 1.92 bits per heavy atom. The topological polar surface area (TPSA) is 51.2 Å². The van der Waals surface area contributed by atoms with E-state index < -0.39 is 9.05 Å². The summed E-state index contributed by atoms with van der Waals surface area (Å²) >= 11 is 5.53. The molecule has 3 nitrogen and oxygen atoms in total. The van der Waals surface area contributed by atoms with Gasteiger partial charge >= 0.3 is 0 Å². The lowest BCUT2D eigenvalue weighted by molar-refractivity contribution is 0.561. The molecule has 1 rings (SSSR count). The van der Waals surface area contributed by atoms with Crippen LogP contribution in [0.5, 0.6) is 0 Å². The van der Waals surface area contributed by atoms with Crippen LogP contribution < -0.4 is 0 Å². The van der Waals surface area contributed by atoms with Crippen LogP contribution in [-0.2, 0) is 13.8 Å². The van der Waals surface area contributed by atoms with Gasteiger partial charge in [0.1, 0.15) is 0 Å². The summed E-state index contributed by atoms with van der Waals surface area (Å²) in [5.74, 6) is 0. The van der Waals surface area contributed by atoms with Gasteiger partial charge in [0.15, 0.2) is 0 Å². The molecule has 0 aliphatic carbocycles. The van der Waals surface area contributed by atoms with Crippen molar-refractivity contribution in [3.05, 3.63) is 28.8 Å². The van der Waals surface area contributed by atoms with Crippen molar-refractivity contribution in [1.82, 2.24) is 0 Å². The molecule has 0 unspecified atom stereocenters. The molecule has 13 heavy (non-hydrogen) atoms. The highest BCUT2D eigenvalue weighted by atomic mass is 35.7. The smallest absolute Gasteiger partial charge is 0.262 e. The van der Waals surface area contributed by atoms with Gasteiger partial charge in [-0.05, 0) is 18.2 Å². The molecular weight excluding hydrogens is 235 g/mol. The van der Waals surface area contributed by atoms with Gasteiger partial charge in [-0.3, -0.25) is 4.79 Å². The summed E-state index contributed by atoms with van der Waals surface area (Å²) in [7, 11) is 1.13. The first-order valence-corrected chi connectivity index (χ1v) is 5.76. The minimum absolute atomic E-state index is 0.164. The Hall–Kier alpha value is -0.580. The lowest BCUT2D eigenvalue weighted by Gasteiger charge is -1.99. The SMILES string of the molecule is O=[C]c1cc(Cl)ccc1S(=O)(=O)Cl. The summed E-state index contributed by atoms with van der Waals surface area (Å²) in [4.78, 5) is 10.0. The predicted molar refractivity (Wildman–Crippen MR) is 49.3 cm³/mol. The summed E-state index contributed by atoms with van der Waals surface area (Å²) in [6.07, 6.45) is 1.44. The minimum atomic E-state index is -3.91. The Labute approximate surface area is 84.7 Å². The molecule has 0 aliphatic heterocycles. The van der Waals surface area contributed by atoms with Crippen LogP contribution in [0, 0.1) is 0 Å². The summed E-state index contributed by atoms with van der Waals surface area (Å²) in [5.41, 5.74) is -0.164. The molecule has 1 radical (unpaired) electrons. The van der Waals surface area contributed by atoms with E-state index in [4.69, 9.17) is 22.3 Å². The van der Waals surface area contributed by atoms with Crippen LogP contribution in [0.15, 0.2) is 23.1 Å². The maximum Gasteiger partial charge on any atom is 0.262 e. The van der Waals surface area contributed by atoms with Crippen LogP contribution >= 0.6 is 22.3 Å². The minimum Gasteiger partial charge on any atom is -0.285 e. The molecule has 0 fully saturated rings.